The molecule has 0 saturated carbocycles. The van der Waals surface area contributed by atoms with Gasteiger partial charge in [-0.2, -0.15) is 0 Å². The number of hydrogen-bond acceptors (Lipinski definition) is 3. The standard InChI is InChI=1S/C14H10N2O2S/c17-19(18)13-4-2-1-3-10(13)16-12-7-9-5-6-15-11(9)8-14(12)19/h1-8,15-16H. The first-order valence-electron chi connectivity index (χ1n) is 5.88. The molecular formula is C14H10N2O2S. The van der Waals surface area contributed by atoms with Gasteiger partial charge in [-0.25, -0.2) is 8.42 Å². The molecule has 0 spiro atoms. The Morgan fingerprint density at radius 3 is 2.63 bits per heavy atom. The summed E-state index contributed by atoms with van der Waals surface area (Å²) < 4.78 is 25.2. The summed E-state index contributed by atoms with van der Waals surface area (Å²) in [6.07, 6.45) is 1.80. The Kier molecular flexibility index (Phi) is 1.90. The van der Waals surface area contributed by atoms with Gasteiger partial charge in [-0.3, -0.25) is 0 Å². The van der Waals surface area contributed by atoms with Crippen LogP contribution in [0.15, 0.2) is 58.5 Å². The highest BCUT2D eigenvalue weighted by atomic mass is 32.2. The van der Waals surface area contributed by atoms with Gasteiger partial charge in [0, 0.05) is 17.1 Å². The summed E-state index contributed by atoms with van der Waals surface area (Å²) >= 11 is 0. The topological polar surface area (TPSA) is 62.0 Å². The molecule has 2 N–H and O–H groups in total. The zero-order valence-electron chi connectivity index (χ0n) is 9.84. The molecular weight excluding hydrogens is 260 g/mol. The molecule has 1 aromatic heterocycles. The second kappa shape index (κ2) is 3.39. The lowest BCUT2D eigenvalue weighted by Gasteiger charge is -2.21. The van der Waals surface area contributed by atoms with Crippen LogP contribution in [-0.4, -0.2) is 13.4 Å². The lowest BCUT2D eigenvalue weighted by Crippen LogP contribution is -2.13. The smallest absolute Gasteiger partial charge is 0.210 e. The van der Waals surface area contributed by atoms with Crippen LogP contribution in [0.25, 0.3) is 10.9 Å². The molecule has 1 aliphatic rings. The first kappa shape index (κ1) is 10.6. The van der Waals surface area contributed by atoms with E-state index in [1.807, 2.05) is 18.2 Å². The van der Waals surface area contributed by atoms with Crippen LogP contribution in [0, 0.1) is 0 Å². The van der Waals surface area contributed by atoms with Gasteiger partial charge in [0.25, 0.3) is 0 Å². The fraction of sp³-hybridized carbons (Fsp3) is 0. The quantitative estimate of drug-likeness (QED) is 0.516. The van der Waals surface area contributed by atoms with Crippen LogP contribution in [0.5, 0.6) is 0 Å². The van der Waals surface area contributed by atoms with Crippen molar-refractivity contribution in [3.8, 4) is 0 Å². The zero-order chi connectivity index (χ0) is 13.0. The summed E-state index contributed by atoms with van der Waals surface area (Å²) in [6.45, 7) is 0. The second-order valence-corrected chi connectivity index (χ2v) is 6.42. The maximum Gasteiger partial charge on any atom is 0.210 e. The van der Waals surface area contributed by atoms with E-state index in [0.29, 0.717) is 21.2 Å². The minimum atomic E-state index is -3.45. The average molecular weight is 270 g/mol. The molecule has 0 amide bonds. The zero-order valence-corrected chi connectivity index (χ0v) is 10.7. The Bertz CT molecular complexity index is 910. The fourth-order valence-electron chi connectivity index (χ4n) is 2.47. The van der Waals surface area contributed by atoms with E-state index in [9.17, 15) is 8.42 Å². The fourth-order valence-corrected chi connectivity index (χ4v) is 4.04. The average Bonchev–Trinajstić information content (AvgIpc) is 2.84. The van der Waals surface area contributed by atoms with Crippen molar-refractivity contribution >= 4 is 32.1 Å². The van der Waals surface area contributed by atoms with Crippen molar-refractivity contribution in [3.05, 3.63) is 48.7 Å². The van der Waals surface area contributed by atoms with Gasteiger partial charge >= 0.3 is 0 Å². The molecule has 0 atom stereocenters. The number of para-hydroxylation sites is 1. The number of fused-ring (bicyclic) bond motifs is 3. The van der Waals surface area contributed by atoms with E-state index in [4.69, 9.17) is 0 Å². The minimum absolute atomic E-state index is 0.321. The Hall–Kier alpha value is -2.27. The predicted octanol–water partition coefficient (Wildman–Crippen LogP) is 3.06. The predicted molar refractivity (Wildman–Crippen MR) is 73.5 cm³/mol. The van der Waals surface area contributed by atoms with Crippen molar-refractivity contribution in [2.24, 2.45) is 0 Å². The molecule has 2 heterocycles. The Morgan fingerprint density at radius 2 is 1.74 bits per heavy atom. The van der Waals surface area contributed by atoms with Crippen LogP contribution >= 0.6 is 0 Å². The van der Waals surface area contributed by atoms with Crippen molar-refractivity contribution in [3.63, 3.8) is 0 Å². The highest BCUT2D eigenvalue weighted by Crippen LogP contribution is 2.40. The summed E-state index contributed by atoms with van der Waals surface area (Å²) in [6, 6.07) is 12.4. The van der Waals surface area contributed by atoms with Crippen molar-refractivity contribution in [2.75, 3.05) is 5.32 Å². The van der Waals surface area contributed by atoms with Gasteiger partial charge in [0.2, 0.25) is 9.84 Å². The van der Waals surface area contributed by atoms with E-state index in [-0.39, 0.29) is 0 Å². The number of anilines is 2. The maximum atomic E-state index is 12.6. The first-order chi connectivity index (χ1) is 9.16. The van der Waals surface area contributed by atoms with E-state index in [0.717, 1.165) is 10.9 Å². The van der Waals surface area contributed by atoms with Crippen molar-refractivity contribution in [1.29, 1.82) is 0 Å². The van der Waals surface area contributed by atoms with E-state index >= 15 is 0 Å². The molecule has 5 heteroatoms. The Morgan fingerprint density at radius 1 is 0.895 bits per heavy atom. The summed E-state index contributed by atoms with van der Waals surface area (Å²) in [5, 5.41) is 4.17. The monoisotopic (exact) mass is 270 g/mol. The molecule has 0 unspecified atom stereocenters. The summed E-state index contributed by atoms with van der Waals surface area (Å²) in [7, 11) is -3.45. The van der Waals surface area contributed by atoms with Crippen molar-refractivity contribution in [2.45, 2.75) is 9.79 Å². The molecule has 0 aliphatic carbocycles. The van der Waals surface area contributed by atoms with Gasteiger partial charge in [-0.05, 0) is 30.3 Å². The minimum Gasteiger partial charge on any atom is -0.361 e. The normalized spacial score (nSPS) is 15.6. The van der Waals surface area contributed by atoms with Gasteiger partial charge in [0.05, 0.1) is 21.2 Å². The van der Waals surface area contributed by atoms with Crippen LogP contribution in [0.2, 0.25) is 0 Å². The van der Waals surface area contributed by atoms with E-state index in [1.54, 1.807) is 30.5 Å². The number of aromatic nitrogens is 1. The van der Waals surface area contributed by atoms with E-state index in [1.165, 1.54) is 0 Å². The summed E-state index contributed by atoms with van der Waals surface area (Å²) in [5.41, 5.74) is 2.08. The third kappa shape index (κ3) is 1.36. The first-order valence-corrected chi connectivity index (χ1v) is 7.37. The summed E-state index contributed by atoms with van der Waals surface area (Å²) in [4.78, 5) is 3.69. The van der Waals surface area contributed by atoms with Gasteiger partial charge in [0.1, 0.15) is 0 Å². The van der Waals surface area contributed by atoms with Crippen LogP contribution in [0.3, 0.4) is 0 Å². The molecule has 2 aromatic carbocycles. The highest BCUT2D eigenvalue weighted by molar-refractivity contribution is 7.92. The lowest BCUT2D eigenvalue weighted by molar-refractivity contribution is 0.596. The number of rotatable bonds is 0. The van der Waals surface area contributed by atoms with Crippen molar-refractivity contribution in [1.82, 2.24) is 4.98 Å². The number of nitrogens with one attached hydrogen (secondary N) is 2. The molecule has 4 rings (SSSR count). The number of aromatic amines is 1. The lowest BCUT2D eigenvalue weighted by atomic mass is 10.2. The van der Waals surface area contributed by atoms with Crippen molar-refractivity contribution < 1.29 is 8.42 Å². The molecule has 94 valence electrons. The number of benzene rings is 2. The molecule has 0 saturated heterocycles. The Balaban J connectivity index is 2.11. The largest absolute Gasteiger partial charge is 0.361 e. The van der Waals surface area contributed by atoms with Crippen LogP contribution in [-0.2, 0) is 9.84 Å². The number of H-pyrrole nitrogens is 1. The maximum absolute atomic E-state index is 12.6. The highest BCUT2D eigenvalue weighted by Gasteiger charge is 2.29. The molecule has 0 fully saturated rings. The van der Waals surface area contributed by atoms with Gasteiger partial charge in [0.15, 0.2) is 0 Å². The molecule has 3 aromatic rings. The molecule has 1 aliphatic heterocycles. The third-order valence-electron chi connectivity index (χ3n) is 3.39. The second-order valence-electron chi connectivity index (χ2n) is 4.54. The molecule has 4 nitrogen and oxygen atoms in total. The number of hydrogen-bond donors (Lipinski definition) is 2. The van der Waals surface area contributed by atoms with E-state index in [2.05, 4.69) is 10.3 Å². The van der Waals surface area contributed by atoms with Crippen LogP contribution in [0.4, 0.5) is 11.4 Å². The number of sulfone groups is 1. The van der Waals surface area contributed by atoms with Gasteiger partial charge < -0.3 is 10.3 Å². The van der Waals surface area contributed by atoms with Crippen LogP contribution in [0.1, 0.15) is 0 Å². The van der Waals surface area contributed by atoms with E-state index < -0.39 is 9.84 Å². The third-order valence-corrected chi connectivity index (χ3v) is 5.24. The molecule has 19 heavy (non-hydrogen) atoms. The molecule has 0 bridgehead atoms. The van der Waals surface area contributed by atoms with Crippen LogP contribution < -0.4 is 5.32 Å². The molecule has 0 radical (unpaired) electrons. The summed E-state index contributed by atoms with van der Waals surface area (Å²) in [5.74, 6) is 0. The van der Waals surface area contributed by atoms with Gasteiger partial charge in [-0.1, -0.05) is 12.1 Å². The Labute approximate surface area is 110 Å². The SMILES string of the molecule is O=S1(=O)c2ccccc2Nc2cc3cc[nH]c3cc21. The van der Waals surface area contributed by atoms with Gasteiger partial charge in [-0.15, -0.1) is 0 Å².